The van der Waals surface area contributed by atoms with Crippen LogP contribution in [0.5, 0.6) is 23.0 Å². The van der Waals surface area contributed by atoms with Crippen LogP contribution in [0.1, 0.15) is 24.4 Å². The van der Waals surface area contributed by atoms with Crippen molar-refractivity contribution in [2.24, 2.45) is 5.73 Å². The number of nitrogens with zero attached hydrogens (tertiary/aromatic N) is 2. The SMILES string of the molecule is CCOc1cc(-c2n[nH]c([C@H](N)c3ccc(OC)c(OC)c3)n2)ccc1OC. The standard InChI is InChI=1S/C20H24N4O4/c1-5-28-17-11-13(7-9-15(17)26-3)19-22-20(24-23-19)18(21)12-6-8-14(25-2)16(10-12)27-4/h6-11,18H,5,21H2,1-4H3,(H,22,23,24)/t18-/m1/s1. The van der Waals surface area contributed by atoms with Gasteiger partial charge in [-0.1, -0.05) is 6.07 Å². The molecule has 3 rings (SSSR count). The molecule has 0 saturated carbocycles. The lowest BCUT2D eigenvalue weighted by atomic mass is 10.1. The third-order valence-corrected chi connectivity index (χ3v) is 4.29. The van der Waals surface area contributed by atoms with Crippen LogP contribution in [0.25, 0.3) is 11.4 Å². The Morgan fingerprint density at radius 2 is 1.61 bits per heavy atom. The molecule has 3 N–H and O–H groups in total. The minimum absolute atomic E-state index is 0.495. The number of nitrogens with two attached hydrogens (primary N) is 1. The number of hydrogen-bond donors (Lipinski definition) is 2. The van der Waals surface area contributed by atoms with Gasteiger partial charge in [-0.25, -0.2) is 4.98 Å². The maximum Gasteiger partial charge on any atom is 0.181 e. The van der Waals surface area contributed by atoms with Crippen LogP contribution in [-0.2, 0) is 0 Å². The topological polar surface area (TPSA) is 105 Å². The quantitative estimate of drug-likeness (QED) is 0.615. The molecule has 0 aliphatic heterocycles. The van der Waals surface area contributed by atoms with E-state index in [0.717, 1.165) is 11.1 Å². The van der Waals surface area contributed by atoms with E-state index < -0.39 is 6.04 Å². The fourth-order valence-electron chi connectivity index (χ4n) is 2.83. The Bertz CT molecular complexity index is 942. The molecule has 148 valence electrons. The number of ether oxygens (including phenoxy) is 4. The summed E-state index contributed by atoms with van der Waals surface area (Å²) < 4.78 is 21.5. The lowest BCUT2D eigenvalue weighted by Crippen LogP contribution is -2.14. The number of hydrogen-bond acceptors (Lipinski definition) is 7. The third kappa shape index (κ3) is 3.86. The van der Waals surface area contributed by atoms with Crippen molar-refractivity contribution in [2.75, 3.05) is 27.9 Å². The molecular formula is C20H24N4O4. The van der Waals surface area contributed by atoms with E-state index in [-0.39, 0.29) is 0 Å². The largest absolute Gasteiger partial charge is 0.493 e. The zero-order valence-electron chi connectivity index (χ0n) is 16.4. The second-order valence-electron chi connectivity index (χ2n) is 5.94. The maximum atomic E-state index is 6.37. The first-order valence-corrected chi connectivity index (χ1v) is 8.82. The first kappa shape index (κ1) is 19.5. The highest BCUT2D eigenvalue weighted by Crippen LogP contribution is 2.33. The fourth-order valence-corrected chi connectivity index (χ4v) is 2.83. The molecule has 0 saturated heterocycles. The molecular weight excluding hydrogens is 360 g/mol. The van der Waals surface area contributed by atoms with Crippen LogP contribution in [0.15, 0.2) is 36.4 Å². The Morgan fingerprint density at radius 3 is 2.29 bits per heavy atom. The molecule has 0 fully saturated rings. The Morgan fingerprint density at radius 1 is 0.929 bits per heavy atom. The molecule has 28 heavy (non-hydrogen) atoms. The molecule has 8 heteroatoms. The van der Waals surface area contributed by atoms with Crippen molar-refractivity contribution in [1.29, 1.82) is 0 Å². The minimum Gasteiger partial charge on any atom is -0.493 e. The van der Waals surface area contributed by atoms with Gasteiger partial charge in [0.05, 0.1) is 34.0 Å². The minimum atomic E-state index is -0.495. The van der Waals surface area contributed by atoms with Crippen molar-refractivity contribution in [2.45, 2.75) is 13.0 Å². The molecule has 0 radical (unpaired) electrons. The van der Waals surface area contributed by atoms with Crippen LogP contribution in [0.3, 0.4) is 0 Å². The first-order chi connectivity index (χ1) is 13.6. The average Bonchev–Trinajstić information content (AvgIpc) is 3.23. The normalized spacial score (nSPS) is 11.8. The second kappa shape index (κ2) is 8.62. The highest BCUT2D eigenvalue weighted by Gasteiger charge is 2.18. The molecule has 2 aromatic carbocycles. The highest BCUT2D eigenvalue weighted by atomic mass is 16.5. The summed E-state index contributed by atoms with van der Waals surface area (Å²) in [7, 11) is 4.77. The Balaban J connectivity index is 1.88. The van der Waals surface area contributed by atoms with Gasteiger partial charge in [-0.2, -0.15) is 5.10 Å². The molecule has 0 spiro atoms. The third-order valence-electron chi connectivity index (χ3n) is 4.29. The molecule has 0 unspecified atom stereocenters. The average molecular weight is 384 g/mol. The Hall–Kier alpha value is -3.26. The van der Waals surface area contributed by atoms with Crippen LogP contribution < -0.4 is 24.7 Å². The predicted octanol–water partition coefficient (Wildman–Crippen LogP) is 2.94. The van der Waals surface area contributed by atoms with Crippen LogP contribution in [-0.4, -0.2) is 43.1 Å². The first-order valence-electron chi connectivity index (χ1n) is 8.82. The number of H-pyrrole nitrogens is 1. The molecule has 1 atom stereocenters. The van der Waals surface area contributed by atoms with E-state index in [9.17, 15) is 0 Å². The van der Waals surface area contributed by atoms with Crippen molar-refractivity contribution in [1.82, 2.24) is 15.2 Å². The van der Waals surface area contributed by atoms with Crippen molar-refractivity contribution in [3.05, 3.63) is 47.8 Å². The molecule has 0 bridgehead atoms. The molecule has 0 amide bonds. The molecule has 8 nitrogen and oxygen atoms in total. The van der Waals surface area contributed by atoms with Crippen molar-refractivity contribution >= 4 is 0 Å². The van der Waals surface area contributed by atoms with Gasteiger partial charge in [-0.15, -0.1) is 0 Å². The smallest absolute Gasteiger partial charge is 0.181 e. The lowest BCUT2D eigenvalue weighted by Gasteiger charge is -2.13. The predicted molar refractivity (Wildman–Crippen MR) is 105 cm³/mol. The van der Waals surface area contributed by atoms with Crippen LogP contribution in [0.2, 0.25) is 0 Å². The number of benzene rings is 2. The summed E-state index contributed by atoms with van der Waals surface area (Å²) in [5.41, 5.74) is 7.99. The summed E-state index contributed by atoms with van der Waals surface area (Å²) in [5.74, 6) is 3.59. The van der Waals surface area contributed by atoms with E-state index in [1.807, 2.05) is 43.3 Å². The maximum absolute atomic E-state index is 6.37. The molecule has 3 aromatic rings. The van der Waals surface area contributed by atoms with E-state index in [1.165, 1.54) is 0 Å². The van der Waals surface area contributed by atoms with Gasteiger partial charge in [0.15, 0.2) is 28.8 Å². The number of aromatic nitrogens is 3. The molecule has 1 heterocycles. The Labute approximate surface area is 163 Å². The van der Waals surface area contributed by atoms with Gasteiger partial charge in [-0.3, -0.25) is 5.10 Å². The van der Waals surface area contributed by atoms with Crippen molar-refractivity contribution in [3.8, 4) is 34.4 Å². The molecule has 0 aliphatic rings. The van der Waals surface area contributed by atoms with Gasteiger partial charge >= 0.3 is 0 Å². The zero-order valence-corrected chi connectivity index (χ0v) is 16.4. The van der Waals surface area contributed by atoms with Gasteiger partial charge in [-0.05, 0) is 42.8 Å². The number of aromatic amines is 1. The van der Waals surface area contributed by atoms with Crippen molar-refractivity contribution in [3.63, 3.8) is 0 Å². The summed E-state index contributed by atoms with van der Waals surface area (Å²) >= 11 is 0. The van der Waals surface area contributed by atoms with Gasteiger partial charge in [0, 0.05) is 5.56 Å². The summed E-state index contributed by atoms with van der Waals surface area (Å²) in [6, 6.07) is 10.5. The van der Waals surface area contributed by atoms with Crippen LogP contribution >= 0.6 is 0 Å². The summed E-state index contributed by atoms with van der Waals surface area (Å²) in [5, 5.41) is 7.22. The van der Waals surface area contributed by atoms with Gasteiger partial charge in [0.25, 0.3) is 0 Å². The number of nitrogens with one attached hydrogen (secondary N) is 1. The van der Waals surface area contributed by atoms with E-state index >= 15 is 0 Å². The van der Waals surface area contributed by atoms with Gasteiger partial charge in [0.1, 0.15) is 5.82 Å². The summed E-state index contributed by atoms with van der Waals surface area (Å²) in [4.78, 5) is 4.55. The monoisotopic (exact) mass is 384 g/mol. The van der Waals surface area contributed by atoms with Crippen molar-refractivity contribution < 1.29 is 18.9 Å². The zero-order chi connectivity index (χ0) is 20.1. The summed E-state index contributed by atoms with van der Waals surface area (Å²) in [6.07, 6.45) is 0. The lowest BCUT2D eigenvalue weighted by molar-refractivity contribution is 0.311. The van der Waals surface area contributed by atoms with E-state index in [0.29, 0.717) is 41.3 Å². The van der Waals surface area contributed by atoms with Crippen LogP contribution in [0.4, 0.5) is 0 Å². The molecule has 1 aromatic heterocycles. The van der Waals surface area contributed by atoms with Crippen LogP contribution in [0, 0.1) is 0 Å². The van der Waals surface area contributed by atoms with E-state index in [2.05, 4.69) is 15.2 Å². The van der Waals surface area contributed by atoms with Gasteiger partial charge in [0.2, 0.25) is 0 Å². The van der Waals surface area contributed by atoms with Gasteiger partial charge < -0.3 is 24.7 Å². The fraction of sp³-hybridized carbons (Fsp3) is 0.300. The molecule has 0 aliphatic carbocycles. The highest BCUT2D eigenvalue weighted by molar-refractivity contribution is 5.61. The number of rotatable bonds is 8. The number of methoxy groups -OCH3 is 3. The Kier molecular flexibility index (Phi) is 6.00. The van der Waals surface area contributed by atoms with E-state index in [4.69, 9.17) is 24.7 Å². The summed E-state index contributed by atoms with van der Waals surface area (Å²) in [6.45, 7) is 2.45. The second-order valence-corrected chi connectivity index (χ2v) is 5.94. The van der Waals surface area contributed by atoms with E-state index in [1.54, 1.807) is 21.3 Å².